The summed E-state index contributed by atoms with van der Waals surface area (Å²) in [5, 5.41) is 3.53. The highest BCUT2D eigenvalue weighted by Crippen LogP contribution is 2.19. The van der Waals surface area contributed by atoms with Crippen LogP contribution in [0.2, 0.25) is 0 Å². The van der Waals surface area contributed by atoms with E-state index in [0.29, 0.717) is 6.04 Å². The van der Waals surface area contributed by atoms with Crippen molar-refractivity contribution in [2.24, 2.45) is 0 Å². The largest absolute Gasteiger partial charge is 0.489 e. The summed E-state index contributed by atoms with van der Waals surface area (Å²) in [6, 6.07) is 8.62. The lowest BCUT2D eigenvalue weighted by Gasteiger charge is -2.25. The molecule has 17 heavy (non-hydrogen) atoms. The second kappa shape index (κ2) is 7.33. The van der Waals surface area contributed by atoms with Crippen LogP contribution in [0.15, 0.2) is 24.3 Å². The van der Waals surface area contributed by atoms with E-state index in [9.17, 15) is 0 Å². The minimum absolute atomic E-state index is 0.202. The third-order valence-corrected chi connectivity index (χ3v) is 3.07. The van der Waals surface area contributed by atoms with Gasteiger partial charge in [-0.1, -0.05) is 32.0 Å². The Morgan fingerprint density at radius 2 is 1.94 bits per heavy atom. The van der Waals surface area contributed by atoms with E-state index in [4.69, 9.17) is 4.74 Å². The van der Waals surface area contributed by atoms with E-state index in [0.717, 1.165) is 25.1 Å². The zero-order chi connectivity index (χ0) is 12.7. The molecule has 0 aliphatic rings. The highest BCUT2D eigenvalue weighted by molar-refractivity contribution is 5.31. The van der Waals surface area contributed by atoms with Gasteiger partial charge in [-0.25, -0.2) is 0 Å². The molecule has 0 amide bonds. The van der Waals surface area contributed by atoms with Gasteiger partial charge in [-0.15, -0.1) is 0 Å². The number of rotatable bonds is 7. The Labute approximate surface area is 105 Å². The van der Waals surface area contributed by atoms with Gasteiger partial charge in [0, 0.05) is 6.04 Å². The van der Waals surface area contributed by atoms with Crippen LogP contribution in [0.1, 0.15) is 39.2 Å². The van der Waals surface area contributed by atoms with Crippen LogP contribution in [0, 0.1) is 6.92 Å². The molecule has 1 aromatic carbocycles. The predicted molar refractivity (Wildman–Crippen MR) is 73.6 cm³/mol. The Hall–Kier alpha value is -1.02. The summed E-state index contributed by atoms with van der Waals surface area (Å²) in [4.78, 5) is 0. The first-order valence-corrected chi connectivity index (χ1v) is 6.64. The van der Waals surface area contributed by atoms with E-state index in [-0.39, 0.29) is 6.10 Å². The fraction of sp³-hybridized carbons (Fsp3) is 0.600. The van der Waals surface area contributed by atoms with Gasteiger partial charge in [0.1, 0.15) is 11.9 Å². The second-order valence-electron chi connectivity index (χ2n) is 4.56. The molecule has 0 fully saturated rings. The van der Waals surface area contributed by atoms with Gasteiger partial charge < -0.3 is 10.1 Å². The smallest absolute Gasteiger partial charge is 0.122 e. The van der Waals surface area contributed by atoms with Crippen LogP contribution < -0.4 is 10.1 Å². The normalized spacial score (nSPS) is 14.4. The summed E-state index contributed by atoms with van der Waals surface area (Å²) < 4.78 is 6.03. The van der Waals surface area contributed by atoms with Gasteiger partial charge in [-0.05, 0) is 44.9 Å². The van der Waals surface area contributed by atoms with Crippen molar-refractivity contribution in [3.63, 3.8) is 0 Å². The topological polar surface area (TPSA) is 21.3 Å². The Balaban J connectivity index is 2.57. The fourth-order valence-electron chi connectivity index (χ4n) is 1.94. The molecule has 2 nitrogen and oxygen atoms in total. The van der Waals surface area contributed by atoms with E-state index in [1.807, 2.05) is 18.2 Å². The van der Waals surface area contributed by atoms with Crippen LogP contribution in [0.5, 0.6) is 5.75 Å². The molecule has 2 heteroatoms. The molecule has 2 atom stereocenters. The zero-order valence-electron chi connectivity index (χ0n) is 11.5. The van der Waals surface area contributed by atoms with Gasteiger partial charge in [0.2, 0.25) is 0 Å². The number of ether oxygens (including phenoxy) is 1. The Bertz CT molecular complexity index is 324. The molecule has 0 spiro atoms. The molecule has 0 bridgehead atoms. The molecule has 0 saturated heterocycles. The van der Waals surface area contributed by atoms with Crippen molar-refractivity contribution in [3.05, 3.63) is 29.8 Å². The number of hydrogen-bond donors (Lipinski definition) is 1. The summed E-state index contributed by atoms with van der Waals surface area (Å²) >= 11 is 0. The van der Waals surface area contributed by atoms with Gasteiger partial charge in [-0.3, -0.25) is 0 Å². The lowest BCUT2D eigenvalue weighted by atomic mass is 10.1. The molecule has 0 heterocycles. The van der Waals surface area contributed by atoms with Gasteiger partial charge in [0.05, 0.1) is 0 Å². The van der Waals surface area contributed by atoms with Crippen LogP contribution in [-0.4, -0.2) is 18.7 Å². The molecule has 1 aromatic rings. The lowest BCUT2D eigenvalue weighted by Crippen LogP contribution is -2.41. The molecule has 0 aliphatic carbocycles. The van der Waals surface area contributed by atoms with Gasteiger partial charge in [0.25, 0.3) is 0 Å². The van der Waals surface area contributed by atoms with Crippen molar-refractivity contribution in [1.82, 2.24) is 5.32 Å². The van der Waals surface area contributed by atoms with E-state index in [2.05, 4.69) is 39.1 Å². The monoisotopic (exact) mass is 235 g/mol. The molecular formula is C15H25NO. The van der Waals surface area contributed by atoms with Crippen molar-refractivity contribution >= 4 is 0 Å². The van der Waals surface area contributed by atoms with Gasteiger partial charge in [0.15, 0.2) is 0 Å². The Morgan fingerprint density at radius 1 is 1.24 bits per heavy atom. The maximum absolute atomic E-state index is 6.03. The molecule has 0 saturated carbocycles. The van der Waals surface area contributed by atoms with E-state index in [1.165, 1.54) is 5.56 Å². The number of aryl methyl sites for hydroxylation is 1. The predicted octanol–water partition coefficient (Wildman–Crippen LogP) is 3.54. The third kappa shape index (κ3) is 4.39. The quantitative estimate of drug-likeness (QED) is 0.780. The molecule has 1 N–H and O–H groups in total. The second-order valence-corrected chi connectivity index (χ2v) is 4.56. The maximum Gasteiger partial charge on any atom is 0.122 e. The van der Waals surface area contributed by atoms with Crippen LogP contribution in [0.4, 0.5) is 0 Å². The molecular weight excluding hydrogens is 210 g/mol. The Kier molecular flexibility index (Phi) is 6.06. The highest BCUT2D eigenvalue weighted by atomic mass is 16.5. The standard InChI is InChI=1S/C15H25NO/c1-5-11-16-14(6-2)13(4)17-15-10-8-7-9-12(15)3/h7-10,13-14,16H,5-6,11H2,1-4H3. The summed E-state index contributed by atoms with van der Waals surface area (Å²) in [6.45, 7) is 9.67. The Morgan fingerprint density at radius 3 is 2.53 bits per heavy atom. The van der Waals surface area contributed by atoms with Crippen molar-refractivity contribution in [2.75, 3.05) is 6.54 Å². The van der Waals surface area contributed by atoms with Crippen molar-refractivity contribution in [3.8, 4) is 5.75 Å². The first-order valence-electron chi connectivity index (χ1n) is 6.64. The van der Waals surface area contributed by atoms with Crippen molar-refractivity contribution < 1.29 is 4.74 Å². The molecule has 0 aromatic heterocycles. The highest BCUT2D eigenvalue weighted by Gasteiger charge is 2.16. The average Bonchev–Trinajstić information content (AvgIpc) is 2.33. The van der Waals surface area contributed by atoms with Gasteiger partial charge >= 0.3 is 0 Å². The van der Waals surface area contributed by atoms with Crippen LogP contribution in [0.25, 0.3) is 0 Å². The van der Waals surface area contributed by atoms with Crippen LogP contribution in [-0.2, 0) is 0 Å². The van der Waals surface area contributed by atoms with Crippen LogP contribution in [0.3, 0.4) is 0 Å². The molecule has 96 valence electrons. The summed E-state index contributed by atoms with van der Waals surface area (Å²) in [6.07, 6.45) is 2.45. The molecule has 2 unspecified atom stereocenters. The number of hydrogen-bond acceptors (Lipinski definition) is 2. The fourth-order valence-corrected chi connectivity index (χ4v) is 1.94. The lowest BCUT2D eigenvalue weighted by molar-refractivity contribution is 0.166. The van der Waals surface area contributed by atoms with Crippen molar-refractivity contribution in [2.45, 2.75) is 52.7 Å². The maximum atomic E-state index is 6.03. The average molecular weight is 235 g/mol. The first kappa shape index (κ1) is 14.0. The molecule has 0 radical (unpaired) electrons. The molecule has 0 aliphatic heterocycles. The summed E-state index contributed by atoms with van der Waals surface area (Å²) in [7, 11) is 0. The van der Waals surface area contributed by atoms with E-state index < -0.39 is 0 Å². The van der Waals surface area contributed by atoms with E-state index >= 15 is 0 Å². The zero-order valence-corrected chi connectivity index (χ0v) is 11.5. The van der Waals surface area contributed by atoms with Crippen LogP contribution >= 0.6 is 0 Å². The number of para-hydroxylation sites is 1. The van der Waals surface area contributed by atoms with Crippen molar-refractivity contribution in [1.29, 1.82) is 0 Å². The van der Waals surface area contributed by atoms with E-state index in [1.54, 1.807) is 0 Å². The first-order chi connectivity index (χ1) is 8.19. The third-order valence-electron chi connectivity index (χ3n) is 3.07. The summed E-state index contributed by atoms with van der Waals surface area (Å²) in [5.74, 6) is 0.997. The van der Waals surface area contributed by atoms with Gasteiger partial charge in [-0.2, -0.15) is 0 Å². The minimum atomic E-state index is 0.202. The molecule has 1 rings (SSSR count). The number of nitrogens with one attached hydrogen (secondary N) is 1. The summed E-state index contributed by atoms with van der Waals surface area (Å²) in [5.41, 5.74) is 1.20. The minimum Gasteiger partial charge on any atom is -0.489 e. The number of benzene rings is 1. The SMILES string of the molecule is CCCNC(CC)C(C)Oc1ccccc1C.